The highest BCUT2D eigenvalue weighted by molar-refractivity contribution is 5.87. The zero-order chi connectivity index (χ0) is 15.8. The molecule has 0 N–H and O–H groups in total. The van der Waals surface area contributed by atoms with Crippen LogP contribution in [0.2, 0.25) is 0 Å². The highest BCUT2D eigenvalue weighted by Gasteiger charge is 2.12. The molecule has 0 saturated heterocycles. The Kier molecular flexibility index (Phi) is 5.96. The summed E-state index contributed by atoms with van der Waals surface area (Å²) in [7, 11) is 0. The second-order valence-corrected chi connectivity index (χ2v) is 5.77. The molecular weight excluding hydrogens is 270 g/mol. The van der Waals surface area contributed by atoms with E-state index in [0.717, 1.165) is 11.1 Å². The molecule has 0 fully saturated rings. The van der Waals surface area contributed by atoms with E-state index in [0.29, 0.717) is 19.0 Å². The van der Waals surface area contributed by atoms with E-state index in [1.54, 1.807) is 6.08 Å². The van der Waals surface area contributed by atoms with Crippen LogP contribution in [0.3, 0.4) is 0 Å². The average molecular weight is 293 g/mol. The Balaban J connectivity index is 2.14. The van der Waals surface area contributed by atoms with Crippen molar-refractivity contribution in [2.75, 3.05) is 0 Å². The van der Waals surface area contributed by atoms with E-state index in [4.69, 9.17) is 0 Å². The van der Waals surface area contributed by atoms with Crippen molar-refractivity contribution in [1.29, 1.82) is 0 Å². The van der Waals surface area contributed by atoms with E-state index in [-0.39, 0.29) is 5.91 Å². The van der Waals surface area contributed by atoms with Crippen LogP contribution < -0.4 is 0 Å². The largest absolute Gasteiger partial charge is 0.331 e. The molecule has 0 aliphatic carbocycles. The van der Waals surface area contributed by atoms with Gasteiger partial charge in [0.05, 0.1) is 0 Å². The first-order valence-corrected chi connectivity index (χ1v) is 7.70. The molecule has 0 unspecified atom stereocenters. The minimum absolute atomic E-state index is 0.0569. The Labute approximate surface area is 133 Å². The molecule has 1 amide bonds. The van der Waals surface area contributed by atoms with Crippen LogP contribution in [0.1, 0.15) is 25.0 Å². The van der Waals surface area contributed by atoms with Gasteiger partial charge in [-0.15, -0.1) is 0 Å². The Bertz CT molecular complexity index is 561. The molecule has 2 heteroatoms. The number of allylic oxidation sites excluding steroid dienone is 1. The third-order valence-electron chi connectivity index (χ3n) is 3.37. The molecular formula is C20H23NO. The van der Waals surface area contributed by atoms with Crippen LogP contribution in [0, 0.1) is 5.92 Å². The van der Waals surface area contributed by atoms with Crippen molar-refractivity contribution in [2.24, 2.45) is 5.92 Å². The predicted molar refractivity (Wildman–Crippen MR) is 91.1 cm³/mol. The summed E-state index contributed by atoms with van der Waals surface area (Å²) in [6, 6.07) is 20.2. The van der Waals surface area contributed by atoms with Gasteiger partial charge in [-0.3, -0.25) is 4.79 Å². The molecule has 2 aromatic carbocycles. The molecule has 0 atom stereocenters. The minimum atomic E-state index is 0.0569. The molecule has 0 heterocycles. The highest BCUT2D eigenvalue weighted by Crippen LogP contribution is 2.11. The summed E-state index contributed by atoms with van der Waals surface area (Å²) in [5.41, 5.74) is 2.29. The van der Waals surface area contributed by atoms with Crippen molar-refractivity contribution in [2.45, 2.75) is 26.9 Å². The number of rotatable bonds is 6. The van der Waals surface area contributed by atoms with Crippen LogP contribution in [0.4, 0.5) is 0 Å². The third kappa shape index (κ3) is 5.21. The monoisotopic (exact) mass is 293 g/mol. The zero-order valence-corrected chi connectivity index (χ0v) is 13.3. The van der Waals surface area contributed by atoms with Gasteiger partial charge in [-0.05, 0) is 23.1 Å². The van der Waals surface area contributed by atoms with Crippen LogP contribution in [0.15, 0.2) is 72.8 Å². The van der Waals surface area contributed by atoms with Crippen molar-refractivity contribution in [3.63, 3.8) is 0 Å². The number of amides is 1. The van der Waals surface area contributed by atoms with Crippen molar-refractivity contribution >= 4 is 5.91 Å². The molecule has 0 aliphatic heterocycles. The summed E-state index contributed by atoms with van der Waals surface area (Å²) in [6.07, 6.45) is 3.64. The summed E-state index contributed by atoms with van der Waals surface area (Å²) in [5, 5.41) is 0. The van der Waals surface area contributed by atoms with Crippen LogP contribution in [-0.2, 0) is 17.9 Å². The average Bonchev–Trinajstić information content (AvgIpc) is 2.54. The maximum absolute atomic E-state index is 12.5. The normalized spacial score (nSPS) is 11.0. The molecule has 114 valence electrons. The third-order valence-corrected chi connectivity index (χ3v) is 3.37. The van der Waals surface area contributed by atoms with Crippen LogP contribution in [0.25, 0.3) is 0 Å². The van der Waals surface area contributed by atoms with E-state index in [2.05, 4.69) is 38.1 Å². The first kappa shape index (κ1) is 16.0. The summed E-state index contributed by atoms with van der Waals surface area (Å²) in [5.74, 6) is 0.431. The lowest BCUT2D eigenvalue weighted by Gasteiger charge is -2.22. The minimum Gasteiger partial charge on any atom is -0.331 e. The quantitative estimate of drug-likeness (QED) is 0.722. The van der Waals surface area contributed by atoms with E-state index < -0.39 is 0 Å². The SMILES string of the molecule is CC(C)/C=C\C(=O)N(Cc1ccccc1)Cc1ccccc1. The van der Waals surface area contributed by atoms with E-state index in [9.17, 15) is 4.79 Å². The molecule has 2 rings (SSSR count). The first-order chi connectivity index (χ1) is 10.6. The van der Waals surface area contributed by atoms with Crippen molar-refractivity contribution in [1.82, 2.24) is 4.90 Å². The second kappa shape index (κ2) is 8.18. The van der Waals surface area contributed by atoms with Gasteiger partial charge >= 0.3 is 0 Å². The van der Waals surface area contributed by atoms with Crippen molar-refractivity contribution < 1.29 is 4.79 Å². The van der Waals surface area contributed by atoms with Gasteiger partial charge in [-0.2, -0.15) is 0 Å². The number of benzene rings is 2. The fourth-order valence-electron chi connectivity index (χ4n) is 2.20. The van der Waals surface area contributed by atoms with Crippen LogP contribution in [0.5, 0.6) is 0 Å². The Hall–Kier alpha value is -2.35. The zero-order valence-electron chi connectivity index (χ0n) is 13.3. The van der Waals surface area contributed by atoms with Crippen LogP contribution >= 0.6 is 0 Å². The lowest BCUT2D eigenvalue weighted by atomic mass is 10.1. The van der Waals surface area contributed by atoms with Gasteiger partial charge in [0, 0.05) is 13.1 Å². The molecule has 2 aromatic rings. The highest BCUT2D eigenvalue weighted by atomic mass is 16.2. The van der Waals surface area contributed by atoms with Gasteiger partial charge in [-0.1, -0.05) is 80.6 Å². The summed E-state index contributed by atoms with van der Waals surface area (Å²) >= 11 is 0. The number of nitrogens with zero attached hydrogens (tertiary/aromatic N) is 1. The van der Waals surface area contributed by atoms with Gasteiger partial charge in [-0.25, -0.2) is 0 Å². The Morgan fingerprint density at radius 3 is 1.77 bits per heavy atom. The second-order valence-electron chi connectivity index (χ2n) is 5.77. The molecule has 0 bridgehead atoms. The van der Waals surface area contributed by atoms with Gasteiger partial charge < -0.3 is 4.90 Å². The fourth-order valence-corrected chi connectivity index (χ4v) is 2.20. The number of hydrogen-bond acceptors (Lipinski definition) is 1. The number of hydrogen-bond donors (Lipinski definition) is 0. The molecule has 0 spiro atoms. The van der Waals surface area contributed by atoms with Gasteiger partial charge in [0.25, 0.3) is 0 Å². The van der Waals surface area contributed by atoms with Gasteiger partial charge in [0.15, 0.2) is 0 Å². The summed E-state index contributed by atoms with van der Waals surface area (Å²) < 4.78 is 0. The predicted octanol–water partition coefficient (Wildman–Crippen LogP) is 4.43. The lowest BCUT2D eigenvalue weighted by molar-refractivity contribution is -0.127. The lowest BCUT2D eigenvalue weighted by Crippen LogP contribution is -2.28. The fraction of sp³-hybridized carbons (Fsp3) is 0.250. The van der Waals surface area contributed by atoms with Crippen LogP contribution in [-0.4, -0.2) is 10.8 Å². The van der Waals surface area contributed by atoms with Crippen molar-refractivity contribution in [3.8, 4) is 0 Å². The Morgan fingerprint density at radius 1 is 0.909 bits per heavy atom. The van der Waals surface area contributed by atoms with E-state index >= 15 is 0 Å². The number of carbonyl (C=O) groups is 1. The summed E-state index contributed by atoms with van der Waals surface area (Å²) in [4.78, 5) is 14.4. The van der Waals surface area contributed by atoms with Gasteiger partial charge in [0.2, 0.25) is 5.91 Å². The van der Waals surface area contributed by atoms with Crippen molar-refractivity contribution in [3.05, 3.63) is 83.9 Å². The topological polar surface area (TPSA) is 20.3 Å². The molecule has 0 radical (unpaired) electrons. The van der Waals surface area contributed by atoms with E-state index in [1.165, 1.54) is 0 Å². The molecule has 2 nitrogen and oxygen atoms in total. The Morgan fingerprint density at radius 2 is 1.36 bits per heavy atom. The maximum atomic E-state index is 12.5. The van der Waals surface area contributed by atoms with E-state index in [1.807, 2.05) is 47.4 Å². The molecule has 0 aliphatic rings. The summed E-state index contributed by atoms with van der Waals surface area (Å²) in [6.45, 7) is 5.39. The standard InChI is InChI=1S/C20H23NO/c1-17(2)13-14-20(22)21(15-18-9-5-3-6-10-18)16-19-11-7-4-8-12-19/h3-14,17H,15-16H2,1-2H3/b14-13-. The molecule has 22 heavy (non-hydrogen) atoms. The maximum Gasteiger partial charge on any atom is 0.246 e. The smallest absolute Gasteiger partial charge is 0.246 e. The van der Waals surface area contributed by atoms with Gasteiger partial charge in [0.1, 0.15) is 0 Å². The number of carbonyl (C=O) groups excluding carboxylic acids is 1. The molecule has 0 aromatic heterocycles. The first-order valence-electron chi connectivity index (χ1n) is 7.70. The molecule has 0 saturated carbocycles.